The van der Waals surface area contributed by atoms with Crippen LogP contribution in [0.3, 0.4) is 0 Å². The second-order valence-corrected chi connectivity index (χ2v) is 7.54. The predicted octanol–water partition coefficient (Wildman–Crippen LogP) is 3.50. The van der Waals surface area contributed by atoms with Crippen LogP contribution in [0.5, 0.6) is 0 Å². The molecule has 150 valence electrons. The lowest BCUT2D eigenvalue weighted by Crippen LogP contribution is -2.55. The number of carbonyl (C=O) groups excluding carboxylic acids is 1. The van der Waals surface area contributed by atoms with E-state index in [1.54, 1.807) is 12.1 Å². The van der Waals surface area contributed by atoms with Gasteiger partial charge in [-0.25, -0.2) is 0 Å². The van der Waals surface area contributed by atoms with E-state index in [2.05, 4.69) is 31.9 Å². The summed E-state index contributed by atoms with van der Waals surface area (Å²) >= 11 is 0. The smallest absolute Gasteiger partial charge is 0.349 e. The zero-order valence-corrected chi connectivity index (χ0v) is 15.4. The summed E-state index contributed by atoms with van der Waals surface area (Å²) in [6, 6.07) is 7.33. The van der Waals surface area contributed by atoms with Gasteiger partial charge in [0.25, 0.3) is 5.91 Å². The Bertz CT molecular complexity index is 836. The molecule has 2 saturated heterocycles. The molecule has 1 aromatic heterocycles. The maximum atomic E-state index is 12.6. The first kappa shape index (κ1) is 18.9. The molecule has 0 radical (unpaired) electrons. The van der Waals surface area contributed by atoms with Gasteiger partial charge in [0, 0.05) is 29.3 Å². The van der Waals surface area contributed by atoms with Crippen molar-refractivity contribution in [3.05, 3.63) is 35.7 Å². The maximum Gasteiger partial charge on any atom is 0.471 e. The van der Waals surface area contributed by atoms with Crippen molar-refractivity contribution >= 4 is 5.91 Å². The van der Waals surface area contributed by atoms with Gasteiger partial charge in [0.1, 0.15) is 0 Å². The highest BCUT2D eigenvalue weighted by molar-refractivity contribution is 5.94. The van der Waals surface area contributed by atoms with Gasteiger partial charge in [-0.15, -0.1) is 0 Å². The number of amides is 1. The van der Waals surface area contributed by atoms with Gasteiger partial charge in [-0.2, -0.15) is 18.2 Å². The molecule has 1 N–H and O–H groups in total. The quantitative estimate of drug-likeness (QED) is 0.863. The Morgan fingerprint density at radius 1 is 1.18 bits per heavy atom. The summed E-state index contributed by atoms with van der Waals surface area (Å²) in [6.45, 7) is 0. The summed E-state index contributed by atoms with van der Waals surface area (Å²) in [5.74, 6) is -1.73. The van der Waals surface area contributed by atoms with Gasteiger partial charge in [-0.1, -0.05) is 23.7 Å². The fourth-order valence-corrected chi connectivity index (χ4v) is 4.23. The van der Waals surface area contributed by atoms with Crippen molar-refractivity contribution < 1.29 is 22.5 Å². The van der Waals surface area contributed by atoms with Crippen LogP contribution in [0.2, 0.25) is 0 Å². The van der Waals surface area contributed by atoms with Crippen molar-refractivity contribution in [3.8, 4) is 11.4 Å². The molecule has 2 aliphatic heterocycles. The lowest BCUT2D eigenvalue weighted by molar-refractivity contribution is -0.159. The monoisotopic (exact) mass is 394 g/mol. The fraction of sp³-hybridized carbons (Fsp3) is 0.526. The molecular formula is C19H21F3N4O2. The van der Waals surface area contributed by atoms with Crippen molar-refractivity contribution in [2.45, 2.75) is 56.4 Å². The van der Waals surface area contributed by atoms with Crippen LogP contribution < -0.4 is 5.32 Å². The van der Waals surface area contributed by atoms with Crippen molar-refractivity contribution in [1.82, 2.24) is 20.4 Å². The number of halogens is 3. The SMILES string of the molecule is CN1C2CCCC1CC(NC(=O)c1ccc(-c3noc(C(F)(F)F)n3)cc1)C2. The number of alkyl halides is 3. The van der Waals surface area contributed by atoms with E-state index < -0.39 is 12.1 Å². The molecule has 9 heteroatoms. The zero-order valence-electron chi connectivity index (χ0n) is 15.4. The number of piperidine rings is 2. The highest BCUT2D eigenvalue weighted by atomic mass is 19.4. The third-order valence-corrected chi connectivity index (χ3v) is 5.75. The van der Waals surface area contributed by atoms with Crippen LogP contribution in [-0.2, 0) is 6.18 Å². The number of carbonyl (C=O) groups is 1. The average Bonchev–Trinajstić information content (AvgIpc) is 3.13. The van der Waals surface area contributed by atoms with Crippen molar-refractivity contribution in [2.75, 3.05) is 7.05 Å². The van der Waals surface area contributed by atoms with E-state index in [0.29, 0.717) is 23.2 Å². The molecule has 2 atom stereocenters. The molecule has 2 aromatic rings. The largest absolute Gasteiger partial charge is 0.471 e. The van der Waals surface area contributed by atoms with Crippen LogP contribution in [-0.4, -0.2) is 46.1 Å². The van der Waals surface area contributed by atoms with Crippen molar-refractivity contribution in [3.63, 3.8) is 0 Å². The molecule has 1 aromatic carbocycles. The molecule has 3 heterocycles. The minimum Gasteiger partial charge on any atom is -0.349 e. The second kappa shape index (κ2) is 7.20. The third-order valence-electron chi connectivity index (χ3n) is 5.75. The van der Waals surface area contributed by atoms with E-state index >= 15 is 0 Å². The zero-order chi connectivity index (χ0) is 19.9. The lowest BCUT2D eigenvalue weighted by Gasteiger charge is -2.47. The van der Waals surface area contributed by atoms with E-state index in [1.165, 1.54) is 31.4 Å². The topological polar surface area (TPSA) is 71.3 Å². The molecular weight excluding hydrogens is 373 g/mol. The second-order valence-electron chi connectivity index (χ2n) is 7.54. The standard InChI is InChI=1S/C19H21F3N4O2/c1-26-14-3-2-4-15(26)10-13(9-14)23-17(27)12-7-5-11(6-8-12)16-24-18(28-25-16)19(20,21)22/h5-8,13-15H,2-4,9-10H2,1H3,(H,23,27). The molecule has 6 nitrogen and oxygen atoms in total. The Balaban J connectivity index is 1.41. The number of hydrogen-bond donors (Lipinski definition) is 1. The highest BCUT2D eigenvalue weighted by Crippen LogP contribution is 2.33. The van der Waals surface area contributed by atoms with Crippen molar-refractivity contribution in [2.24, 2.45) is 0 Å². The van der Waals surface area contributed by atoms with E-state index in [-0.39, 0.29) is 17.8 Å². The number of rotatable bonds is 3. The van der Waals surface area contributed by atoms with Gasteiger partial charge >= 0.3 is 12.1 Å². The third kappa shape index (κ3) is 3.76. The molecule has 4 rings (SSSR count). The van der Waals surface area contributed by atoms with Gasteiger partial charge in [0.05, 0.1) is 0 Å². The van der Waals surface area contributed by atoms with Crippen LogP contribution in [0, 0.1) is 0 Å². The molecule has 2 fully saturated rings. The minimum absolute atomic E-state index is 0.144. The average molecular weight is 394 g/mol. The molecule has 0 spiro atoms. The van der Waals surface area contributed by atoms with E-state index in [9.17, 15) is 18.0 Å². The van der Waals surface area contributed by atoms with Gasteiger partial charge < -0.3 is 14.7 Å². The summed E-state index contributed by atoms with van der Waals surface area (Å²) in [5, 5.41) is 6.45. The van der Waals surface area contributed by atoms with Crippen LogP contribution in [0.1, 0.15) is 48.4 Å². The van der Waals surface area contributed by atoms with E-state index in [1.807, 2.05) is 0 Å². The van der Waals surface area contributed by atoms with Gasteiger partial charge in [-0.3, -0.25) is 4.79 Å². The van der Waals surface area contributed by atoms with Crippen LogP contribution in [0.25, 0.3) is 11.4 Å². The maximum absolute atomic E-state index is 12.6. The number of nitrogens with one attached hydrogen (secondary N) is 1. The van der Waals surface area contributed by atoms with Crippen LogP contribution in [0.4, 0.5) is 13.2 Å². The first-order valence-corrected chi connectivity index (χ1v) is 9.35. The van der Waals surface area contributed by atoms with Gasteiger partial charge in [-0.05, 0) is 44.9 Å². The van der Waals surface area contributed by atoms with Crippen LogP contribution in [0.15, 0.2) is 28.8 Å². The number of aromatic nitrogens is 2. The summed E-state index contributed by atoms with van der Waals surface area (Å²) in [4.78, 5) is 18.4. The van der Waals surface area contributed by atoms with Crippen LogP contribution >= 0.6 is 0 Å². The Labute approximate surface area is 160 Å². The molecule has 0 saturated carbocycles. The Morgan fingerprint density at radius 3 is 2.39 bits per heavy atom. The molecule has 2 unspecified atom stereocenters. The number of nitrogens with zero attached hydrogens (tertiary/aromatic N) is 3. The van der Waals surface area contributed by atoms with E-state index in [4.69, 9.17) is 0 Å². The summed E-state index contributed by atoms with van der Waals surface area (Å²) in [6.07, 6.45) is 0.780. The molecule has 1 amide bonds. The molecule has 0 aliphatic carbocycles. The molecule has 2 bridgehead atoms. The fourth-order valence-electron chi connectivity index (χ4n) is 4.23. The lowest BCUT2D eigenvalue weighted by atomic mass is 9.82. The first-order chi connectivity index (χ1) is 13.3. The molecule has 28 heavy (non-hydrogen) atoms. The normalized spacial score (nSPS) is 25.5. The first-order valence-electron chi connectivity index (χ1n) is 9.35. The van der Waals surface area contributed by atoms with Crippen molar-refractivity contribution in [1.29, 1.82) is 0 Å². The summed E-state index contributed by atoms with van der Waals surface area (Å²) in [7, 11) is 2.16. The molecule has 2 aliphatic rings. The minimum atomic E-state index is -4.68. The number of benzene rings is 1. The Morgan fingerprint density at radius 2 is 1.82 bits per heavy atom. The number of fused-ring (bicyclic) bond motifs is 2. The number of hydrogen-bond acceptors (Lipinski definition) is 5. The van der Waals surface area contributed by atoms with Gasteiger partial charge in [0.2, 0.25) is 5.82 Å². The summed E-state index contributed by atoms with van der Waals surface area (Å²) < 4.78 is 41.9. The highest BCUT2D eigenvalue weighted by Gasteiger charge is 2.39. The van der Waals surface area contributed by atoms with E-state index in [0.717, 1.165) is 12.8 Å². The summed E-state index contributed by atoms with van der Waals surface area (Å²) in [5.41, 5.74) is 0.803. The van der Waals surface area contributed by atoms with Gasteiger partial charge in [0.15, 0.2) is 0 Å². The Hall–Kier alpha value is -2.42. The predicted molar refractivity (Wildman–Crippen MR) is 94.4 cm³/mol. The Kier molecular flexibility index (Phi) is 4.86.